The van der Waals surface area contributed by atoms with Crippen LogP contribution in [-0.4, -0.2) is 52.1 Å². The molecule has 1 saturated carbocycles. The van der Waals surface area contributed by atoms with Gasteiger partial charge >= 0.3 is 6.03 Å². The number of imide groups is 1. The summed E-state index contributed by atoms with van der Waals surface area (Å²) in [6.45, 7) is 0.0437. The Bertz CT molecular complexity index is 964. The van der Waals surface area contributed by atoms with Crippen molar-refractivity contribution in [1.82, 2.24) is 20.4 Å². The highest BCUT2D eigenvalue weighted by Gasteiger charge is 2.51. The molecule has 1 saturated heterocycles. The van der Waals surface area contributed by atoms with Crippen molar-refractivity contribution >= 4 is 23.7 Å². The van der Waals surface area contributed by atoms with Crippen molar-refractivity contribution in [2.75, 3.05) is 19.0 Å². The van der Waals surface area contributed by atoms with Gasteiger partial charge in [0.05, 0.1) is 12.8 Å². The molecule has 1 aliphatic carbocycles. The number of amides is 4. The van der Waals surface area contributed by atoms with Gasteiger partial charge in [-0.1, -0.05) is 31.4 Å². The summed E-state index contributed by atoms with van der Waals surface area (Å²) >= 11 is 0. The molecule has 2 aliphatic rings. The van der Waals surface area contributed by atoms with E-state index in [2.05, 4.69) is 20.8 Å². The highest BCUT2D eigenvalue weighted by Crippen LogP contribution is 2.33. The molecule has 0 unspecified atom stereocenters. The fourth-order valence-electron chi connectivity index (χ4n) is 4.18. The van der Waals surface area contributed by atoms with Gasteiger partial charge in [0, 0.05) is 24.6 Å². The van der Waals surface area contributed by atoms with Crippen LogP contribution >= 0.6 is 0 Å². The van der Waals surface area contributed by atoms with Gasteiger partial charge in [-0.05, 0) is 25.0 Å². The summed E-state index contributed by atoms with van der Waals surface area (Å²) in [5, 5.41) is 12.5. The van der Waals surface area contributed by atoms with E-state index < -0.39 is 11.6 Å². The second-order valence-corrected chi connectivity index (χ2v) is 7.70. The predicted octanol–water partition coefficient (Wildman–Crippen LogP) is 2.67. The minimum Gasteiger partial charge on any atom is -0.496 e. The highest BCUT2D eigenvalue weighted by molar-refractivity contribution is 6.07. The standard InChI is InChI=1S/C21H25N5O4/c1-30-16-8-4-3-7-14(16)15-13-17(25-24-15)22-18(27)9-12-26-19(28)21(23-20(26)29)10-5-2-6-11-21/h3-4,7-8,13H,2,5-6,9-12H2,1H3,(H,23,29)(H2,22,24,25,27). The van der Waals surface area contributed by atoms with Crippen molar-refractivity contribution in [2.45, 2.75) is 44.1 Å². The zero-order valence-electron chi connectivity index (χ0n) is 16.9. The van der Waals surface area contributed by atoms with Crippen LogP contribution in [0.1, 0.15) is 38.5 Å². The summed E-state index contributed by atoms with van der Waals surface area (Å²) in [6, 6.07) is 8.78. The van der Waals surface area contributed by atoms with E-state index in [1.54, 1.807) is 13.2 Å². The summed E-state index contributed by atoms with van der Waals surface area (Å²) in [7, 11) is 1.59. The summed E-state index contributed by atoms with van der Waals surface area (Å²) in [5.74, 6) is 0.521. The largest absolute Gasteiger partial charge is 0.496 e. The van der Waals surface area contributed by atoms with Gasteiger partial charge in [0.2, 0.25) is 5.91 Å². The smallest absolute Gasteiger partial charge is 0.325 e. The maximum absolute atomic E-state index is 12.8. The number of anilines is 1. The van der Waals surface area contributed by atoms with Crippen LogP contribution in [0.4, 0.5) is 10.6 Å². The molecule has 9 heteroatoms. The number of ether oxygens (including phenoxy) is 1. The van der Waals surface area contributed by atoms with E-state index in [-0.39, 0.29) is 24.8 Å². The maximum atomic E-state index is 12.8. The van der Waals surface area contributed by atoms with E-state index in [4.69, 9.17) is 4.74 Å². The third-order valence-corrected chi connectivity index (χ3v) is 5.76. The van der Waals surface area contributed by atoms with E-state index in [0.29, 0.717) is 30.1 Å². The summed E-state index contributed by atoms with van der Waals surface area (Å²) in [4.78, 5) is 38.6. The molecule has 0 bridgehead atoms. The molecule has 4 amide bonds. The molecule has 1 spiro atoms. The van der Waals surface area contributed by atoms with Crippen LogP contribution in [0.25, 0.3) is 11.3 Å². The van der Waals surface area contributed by atoms with E-state index >= 15 is 0 Å². The molecule has 1 aromatic carbocycles. The molecule has 158 valence electrons. The van der Waals surface area contributed by atoms with Gasteiger partial charge in [-0.25, -0.2) is 4.79 Å². The highest BCUT2D eigenvalue weighted by atomic mass is 16.5. The molecule has 1 aromatic heterocycles. The van der Waals surface area contributed by atoms with Crippen molar-refractivity contribution in [1.29, 1.82) is 0 Å². The first-order valence-corrected chi connectivity index (χ1v) is 10.2. The lowest BCUT2D eigenvalue weighted by Gasteiger charge is -2.30. The van der Waals surface area contributed by atoms with Gasteiger partial charge in [-0.15, -0.1) is 0 Å². The Balaban J connectivity index is 1.35. The SMILES string of the molecule is COc1ccccc1-c1cc(NC(=O)CCN2C(=O)NC3(CCCCC3)C2=O)n[nH]1. The lowest BCUT2D eigenvalue weighted by atomic mass is 9.82. The molecule has 2 aromatic rings. The first kappa shape index (κ1) is 19.9. The Morgan fingerprint density at radius 3 is 2.77 bits per heavy atom. The van der Waals surface area contributed by atoms with Crippen molar-refractivity contribution in [3.05, 3.63) is 30.3 Å². The molecular formula is C21H25N5O4. The Morgan fingerprint density at radius 2 is 2.00 bits per heavy atom. The maximum Gasteiger partial charge on any atom is 0.325 e. The van der Waals surface area contributed by atoms with Crippen LogP contribution in [0.3, 0.4) is 0 Å². The molecule has 4 rings (SSSR count). The fourth-order valence-corrected chi connectivity index (χ4v) is 4.18. The normalized spacial score (nSPS) is 17.8. The minimum absolute atomic E-state index is 0.00604. The van der Waals surface area contributed by atoms with Gasteiger partial charge in [-0.3, -0.25) is 19.6 Å². The Hall–Kier alpha value is -3.36. The lowest BCUT2D eigenvalue weighted by molar-refractivity contribution is -0.132. The topological polar surface area (TPSA) is 116 Å². The second kappa shape index (κ2) is 8.17. The lowest BCUT2D eigenvalue weighted by Crippen LogP contribution is -2.48. The molecule has 30 heavy (non-hydrogen) atoms. The number of aromatic amines is 1. The zero-order chi connectivity index (χ0) is 21.1. The number of aromatic nitrogens is 2. The number of carbonyl (C=O) groups excluding carboxylic acids is 3. The average molecular weight is 411 g/mol. The van der Waals surface area contributed by atoms with E-state index in [1.807, 2.05) is 24.3 Å². The Labute approximate surface area is 174 Å². The van der Waals surface area contributed by atoms with E-state index in [1.165, 1.54) is 0 Å². The average Bonchev–Trinajstić information content (AvgIpc) is 3.30. The third-order valence-electron chi connectivity index (χ3n) is 5.76. The number of nitrogens with zero attached hydrogens (tertiary/aromatic N) is 2. The molecule has 0 atom stereocenters. The van der Waals surface area contributed by atoms with Crippen molar-refractivity contribution in [3.63, 3.8) is 0 Å². The van der Waals surface area contributed by atoms with Gasteiger partial charge in [-0.2, -0.15) is 5.10 Å². The first-order chi connectivity index (χ1) is 14.5. The number of H-pyrrole nitrogens is 1. The molecule has 1 aliphatic heterocycles. The van der Waals surface area contributed by atoms with Crippen LogP contribution in [0.5, 0.6) is 5.75 Å². The van der Waals surface area contributed by atoms with Crippen LogP contribution in [-0.2, 0) is 9.59 Å². The Morgan fingerprint density at radius 1 is 1.23 bits per heavy atom. The number of carbonyl (C=O) groups is 3. The molecule has 2 fully saturated rings. The first-order valence-electron chi connectivity index (χ1n) is 10.2. The van der Waals surface area contributed by atoms with Gasteiger partial charge in [0.1, 0.15) is 11.3 Å². The number of benzene rings is 1. The van der Waals surface area contributed by atoms with Crippen LogP contribution in [0, 0.1) is 0 Å². The monoisotopic (exact) mass is 411 g/mol. The van der Waals surface area contributed by atoms with Crippen molar-refractivity contribution in [2.24, 2.45) is 0 Å². The summed E-state index contributed by atoms with van der Waals surface area (Å²) in [6.07, 6.45) is 4.26. The predicted molar refractivity (Wildman–Crippen MR) is 110 cm³/mol. The van der Waals surface area contributed by atoms with Crippen molar-refractivity contribution in [3.8, 4) is 17.0 Å². The number of hydrogen-bond acceptors (Lipinski definition) is 5. The van der Waals surface area contributed by atoms with E-state index in [9.17, 15) is 14.4 Å². The Kier molecular flexibility index (Phi) is 5.43. The van der Waals surface area contributed by atoms with Gasteiger partial charge in [0.15, 0.2) is 5.82 Å². The number of nitrogens with one attached hydrogen (secondary N) is 3. The van der Waals surface area contributed by atoms with Crippen molar-refractivity contribution < 1.29 is 19.1 Å². The van der Waals surface area contributed by atoms with Crippen LogP contribution in [0.15, 0.2) is 30.3 Å². The van der Waals surface area contributed by atoms with E-state index in [0.717, 1.165) is 29.7 Å². The number of methoxy groups -OCH3 is 1. The van der Waals surface area contributed by atoms with Gasteiger partial charge in [0.25, 0.3) is 5.91 Å². The van der Waals surface area contributed by atoms with Crippen LogP contribution < -0.4 is 15.4 Å². The molecule has 0 radical (unpaired) electrons. The molecule has 9 nitrogen and oxygen atoms in total. The van der Waals surface area contributed by atoms with Crippen LogP contribution in [0.2, 0.25) is 0 Å². The minimum atomic E-state index is -0.766. The fraction of sp³-hybridized carbons (Fsp3) is 0.429. The number of para-hydroxylation sites is 1. The number of urea groups is 1. The number of hydrogen-bond donors (Lipinski definition) is 3. The zero-order valence-corrected chi connectivity index (χ0v) is 16.9. The molecular weight excluding hydrogens is 386 g/mol. The number of rotatable bonds is 6. The quantitative estimate of drug-likeness (QED) is 0.632. The summed E-state index contributed by atoms with van der Waals surface area (Å²) in [5.41, 5.74) is 0.763. The summed E-state index contributed by atoms with van der Waals surface area (Å²) < 4.78 is 5.34. The second-order valence-electron chi connectivity index (χ2n) is 7.70. The molecule has 2 heterocycles. The molecule has 3 N–H and O–H groups in total. The third kappa shape index (κ3) is 3.74. The van der Waals surface area contributed by atoms with Gasteiger partial charge < -0.3 is 15.4 Å².